The molecule has 128 valence electrons. The maximum atomic E-state index is 12.6. The summed E-state index contributed by atoms with van der Waals surface area (Å²) in [6, 6.07) is 9.70. The molecule has 2 N–H and O–H groups in total. The summed E-state index contributed by atoms with van der Waals surface area (Å²) in [5, 5.41) is 6.50. The Morgan fingerprint density at radius 3 is 2.88 bits per heavy atom. The van der Waals surface area contributed by atoms with Crippen LogP contribution in [0.3, 0.4) is 0 Å². The third-order valence-electron chi connectivity index (χ3n) is 4.46. The van der Waals surface area contributed by atoms with Gasteiger partial charge in [-0.25, -0.2) is 4.98 Å². The fourth-order valence-corrected chi connectivity index (χ4v) is 3.34. The summed E-state index contributed by atoms with van der Waals surface area (Å²) in [5.41, 5.74) is 0.995. The van der Waals surface area contributed by atoms with Gasteiger partial charge in [0.1, 0.15) is 11.9 Å². The van der Waals surface area contributed by atoms with Crippen molar-refractivity contribution in [3.63, 3.8) is 0 Å². The van der Waals surface area contributed by atoms with Crippen LogP contribution >= 0.6 is 0 Å². The lowest BCUT2D eigenvalue weighted by Gasteiger charge is -2.26. The summed E-state index contributed by atoms with van der Waals surface area (Å²) in [5.74, 6) is 1.51. The van der Waals surface area contributed by atoms with Gasteiger partial charge < -0.3 is 15.2 Å². The zero-order valence-electron chi connectivity index (χ0n) is 14.4. The smallest absolute Gasteiger partial charge is 0.241 e. The van der Waals surface area contributed by atoms with Crippen LogP contribution in [0, 0.1) is 0 Å². The van der Waals surface area contributed by atoms with Crippen molar-refractivity contribution in [3.8, 4) is 0 Å². The number of hydrogen-bond acceptors (Lipinski definition) is 3. The molecule has 0 fully saturated rings. The molecule has 5 heteroatoms. The van der Waals surface area contributed by atoms with Crippen molar-refractivity contribution in [2.45, 2.75) is 51.2 Å². The summed E-state index contributed by atoms with van der Waals surface area (Å²) in [7, 11) is 0. The molecule has 1 aliphatic heterocycles. The van der Waals surface area contributed by atoms with Crippen LogP contribution in [0.15, 0.2) is 42.7 Å². The zero-order chi connectivity index (χ0) is 16.9. The quantitative estimate of drug-likeness (QED) is 0.858. The highest BCUT2D eigenvalue weighted by atomic mass is 16.2. The van der Waals surface area contributed by atoms with Gasteiger partial charge in [-0.05, 0) is 32.3 Å². The predicted octanol–water partition coefficient (Wildman–Crippen LogP) is 2.62. The van der Waals surface area contributed by atoms with E-state index in [0.717, 1.165) is 37.3 Å². The fraction of sp³-hybridized carbons (Fsp3) is 0.474. The van der Waals surface area contributed by atoms with Crippen LogP contribution in [0.2, 0.25) is 0 Å². The maximum Gasteiger partial charge on any atom is 0.241 e. The van der Waals surface area contributed by atoms with Crippen LogP contribution < -0.4 is 10.6 Å². The standard InChI is InChI=1S/C19H26N4O/c1-14(2)22-19(24)17(15-7-4-3-5-8-15)21-13-16-9-6-11-23-12-10-20-18(16)23/h3-5,7-8,10,12,14,16-17,21H,6,9,11,13H2,1-2H3,(H,22,24)/t16-,17+/m0/s1. The third kappa shape index (κ3) is 3.85. The van der Waals surface area contributed by atoms with Gasteiger partial charge in [0.15, 0.2) is 0 Å². The molecule has 0 bridgehead atoms. The first-order valence-corrected chi connectivity index (χ1v) is 8.75. The molecule has 0 unspecified atom stereocenters. The van der Waals surface area contributed by atoms with E-state index in [1.54, 1.807) is 0 Å². The van der Waals surface area contributed by atoms with Gasteiger partial charge in [-0.3, -0.25) is 4.79 Å². The summed E-state index contributed by atoms with van der Waals surface area (Å²) in [6.45, 7) is 5.76. The molecule has 0 saturated heterocycles. The Hall–Kier alpha value is -2.14. The van der Waals surface area contributed by atoms with Gasteiger partial charge in [-0.1, -0.05) is 30.3 Å². The molecule has 0 saturated carbocycles. The number of carbonyl (C=O) groups is 1. The number of rotatable bonds is 6. The van der Waals surface area contributed by atoms with Gasteiger partial charge in [0.05, 0.1) is 0 Å². The van der Waals surface area contributed by atoms with Crippen LogP contribution in [0.5, 0.6) is 0 Å². The van der Waals surface area contributed by atoms with E-state index in [2.05, 4.69) is 20.2 Å². The molecule has 3 rings (SSSR count). The molecule has 24 heavy (non-hydrogen) atoms. The summed E-state index contributed by atoms with van der Waals surface area (Å²) < 4.78 is 2.22. The van der Waals surface area contributed by atoms with E-state index >= 15 is 0 Å². The molecule has 1 aromatic heterocycles. The molecule has 2 aromatic rings. The van der Waals surface area contributed by atoms with Crippen LogP contribution in [0.25, 0.3) is 0 Å². The lowest BCUT2D eigenvalue weighted by molar-refractivity contribution is -0.123. The Morgan fingerprint density at radius 1 is 1.33 bits per heavy atom. The monoisotopic (exact) mass is 326 g/mol. The number of nitrogens with one attached hydrogen (secondary N) is 2. The molecule has 2 atom stereocenters. The first-order chi connectivity index (χ1) is 11.6. The van der Waals surface area contributed by atoms with E-state index in [0.29, 0.717) is 5.92 Å². The number of benzene rings is 1. The molecule has 0 spiro atoms. The van der Waals surface area contributed by atoms with Crippen molar-refractivity contribution in [2.75, 3.05) is 6.54 Å². The Kier molecular flexibility index (Phi) is 5.30. The second-order valence-electron chi connectivity index (χ2n) is 6.73. The lowest BCUT2D eigenvalue weighted by atomic mass is 9.97. The average molecular weight is 326 g/mol. The normalized spacial score (nSPS) is 18.2. The van der Waals surface area contributed by atoms with Gasteiger partial charge in [0.2, 0.25) is 5.91 Å². The lowest BCUT2D eigenvalue weighted by Crippen LogP contribution is -2.42. The molecule has 2 heterocycles. The number of aromatic nitrogens is 2. The molecular weight excluding hydrogens is 300 g/mol. The fourth-order valence-electron chi connectivity index (χ4n) is 3.34. The molecule has 0 radical (unpaired) electrons. The number of amides is 1. The number of aryl methyl sites for hydroxylation is 1. The number of fused-ring (bicyclic) bond motifs is 1. The second-order valence-corrected chi connectivity index (χ2v) is 6.73. The van der Waals surface area contributed by atoms with E-state index in [-0.39, 0.29) is 18.0 Å². The largest absolute Gasteiger partial charge is 0.352 e. The Bertz CT molecular complexity index is 665. The first-order valence-electron chi connectivity index (χ1n) is 8.75. The van der Waals surface area contributed by atoms with Crippen molar-refractivity contribution in [1.29, 1.82) is 0 Å². The van der Waals surface area contributed by atoms with E-state index in [1.807, 2.05) is 56.6 Å². The molecule has 1 aromatic carbocycles. The van der Waals surface area contributed by atoms with Crippen molar-refractivity contribution >= 4 is 5.91 Å². The number of imidazole rings is 1. The maximum absolute atomic E-state index is 12.6. The topological polar surface area (TPSA) is 59.0 Å². The summed E-state index contributed by atoms with van der Waals surface area (Å²) >= 11 is 0. The third-order valence-corrected chi connectivity index (χ3v) is 4.46. The van der Waals surface area contributed by atoms with Gasteiger partial charge in [-0.15, -0.1) is 0 Å². The highest BCUT2D eigenvalue weighted by molar-refractivity contribution is 5.83. The van der Waals surface area contributed by atoms with Gasteiger partial charge in [-0.2, -0.15) is 0 Å². The van der Waals surface area contributed by atoms with Gasteiger partial charge in [0, 0.05) is 37.4 Å². The zero-order valence-corrected chi connectivity index (χ0v) is 14.4. The van der Waals surface area contributed by atoms with Crippen LogP contribution in [-0.4, -0.2) is 28.0 Å². The molecule has 0 aliphatic carbocycles. The SMILES string of the molecule is CC(C)NC(=O)[C@H](NC[C@@H]1CCCn2ccnc21)c1ccccc1. The highest BCUT2D eigenvalue weighted by Gasteiger charge is 2.25. The second kappa shape index (κ2) is 7.62. The summed E-state index contributed by atoms with van der Waals surface area (Å²) in [4.78, 5) is 17.1. The average Bonchev–Trinajstić information content (AvgIpc) is 3.05. The van der Waals surface area contributed by atoms with Crippen molar-refractivity contribution < 1.29 is 4.79 Å². The molecule has 1 aliphatic rings. The minimum Gasteiger partial charge on any atom is -0.352 e. The minimum absolute atomic E-state index is 0.0235. The highest BCUT2D eigenvalue weighted by Crippen LogP contribution is 2.26. The summed E-state index contributed by atoms with van der Waals surface area (Å²) in [6.07, 6.45) is 6.18. The first kappa shape index (κ1) is 16.7. The number of carbonyl (C=O) groups excluding carboxylic acids is 1. The molecule has 1 amide bonds. The van der Waals surface area contributed by atoms with E-state index in [4.69, 9.17) is 0 Å². The number of hydrogen-bond donors (Lipinski definition) is 2. The van der Waals surface area contributed by atoms with Crippen LogP contribution in [0.4, 0.5) is 0 Å². The predicted molar refractivity (Wildman–Crippen MR) is 94.7 cm³/mol. The van der Waals surface area contributed by atoms with E-state index in [1.165, 1.54) is 0 Å². The van der Waals surface area contributed by atoms with Crippen molar-refractivity contribution in [1.82, 2.24) is 20.2 Å². The Labute approximate surface area is 143 Å². The minimum atomic E-state index is -0.334. The number of nitrogens with zero attached hydrogens (tertiary/aromatic N) is 2. The Morgan fingerprint density at radius 2 is 2.12 bits per heavy atom. The van der Waals surface area contributed by atoms with E-state index < -0.39 is 0 Å². The van der Waals surface area contributed by atoms with Gasteiger partial charge >= 0.3 is 0 Å². The van der Waals surface area contributed by atoms with Crippen LogP contribution in [0.1, 0.15) is 50.0 Å². The Balaban J connectivity index is 1.72. The van der Waals surface area contributed by atoms with Crippen molar-refractivity contribution in [3.05, 3.63) is 54.1 Å². The van der Waals surface area contributed by atoms with E-state index in [9.17, 15) is 4.79 Å². The van der Waals surface area contributed by atoms with Crippen LogP contribution in [-0.2, 0) is 11.3 Å². The van der Waals surface area contributed by atoms with Gasteiger partial charge in [0.25, 0.3) is 0 Å². The molecule has 5 nitrogen and oxygen atoms in total. The molecular formula is C19H26N4O. The van der Waals surface area contributed by atoms with Crippen molar-refractivity contribution in [2.24, 2.45) is 0 Å².